The maximum atomic E-state index is 12.6. The van der Waals surface area contributed by atoms with Crippen LogP contribution in [-0.2, 0) is 22.4 Å². The van der Waals surface area contributed by atoms with Gasteiger partial charge in [-0.2, -0.15) is 0 Å². The highest BCUT2D eigenvalue weighted by Crippen LogP contribution is 2.22. The molecular formula is C22H24ClN5O3S. The van der Waals surface area contributed by atoms with Gasteiger partial charge in [-0.1, -0.05) is 23.7 Å². The molecule has 10 heteroatoms. The number of morpholine rings is 1. The van der Waals surface area contributed by atoms with Crippen molar-refractivity contribution in [1.82, 2.24) is 15.0 Å². The number of nitrogens with zero attached hydrogens (tertiary/aromatic N) is 3. The normalized spacial score (nSPS) is 13.9. The molecule has 3 heterocycles. The van der Waals surface area contributed by atoms with Crippen LogP contribution in [0, 0.1) is 6.92 Å². The van der Waals surface area contributed by atoms with Crippen molar-refractivity contribution >= 4 is 39.9 Å². The number of aromatic nitrogens is 3. The van der Waals surface area contributed by atoms with Gasteiger partial charge < -0.3 is 15.0 Å². The second-order valence-corrected chi connectivity index (χ2v) is 9.09. The number of benzene rings is 1. The fourth-order valence-corrected chi connectivity index (χ4v) is 4.47. The zero-order valence-corrected chi connectivity index (χ0v) is 19.3. The first-order chi connectivity index (χ1) is 15.5. The molecule has 1 aliphatic heterocycles. The number of amides is 1. The van der Waals surface area contributed by atoms with E-state index in [4.69, 9.17) is 16.3 Å². The predicted molar refractivity (Wildman–Crippen MR) is 126 cm³/mol. The van der Waals surface area contributed by atoms with Crippen LogP contribution in [-0.4, -0.2) is 47.2 Å². The fourth-order valence-electron chi connectivity index (χ4n) is 3.49. The monoisotopic (exact) mass is 473 g/mol. The summed E-state index contributed by atoms with van der Waals surface area (Å²) in [4.78, 5) is 39.7. The van der Waals surface area contributed by atoms with E-state index < -0.39 is 0 Å². The van der Waals surface area contributed by atoms with Gasteiger partial charge in [0.1, 0.15) is 0 Å². The Bertz CT molecular complexity index is 1140. The number of hydrogen-bond donors (Lipinski definition) is 2. The quantitative estimate of drug-likeness (QED) is 0.546. The summed E-state index contributed by atoms with van der Waals surface area (Å²) in [7, 11) is 0. The second kappa shape index (κ2) is 10.2. The van der Waals surface area contributed by atoms with Gasteiger partial charge in [0.2, 0.25) is 11.9 Å². The lowest BCUT2D eigenvalue weighted by atomic mass is 10.1. The molecule has 0 atom stereocenters. The highest BCUT2D eigenvalue weighted by molar-refractivity contribution is 7.15. The minimum Gasteiger partial charge on any atom is -0.378 e. The molecule has 3 aromatic rings. The van der Waals surface area contributed by atoms with Crippen molar-refractivity contribution in [3.63, 3.8) is 0 Å². The van der Waals surface area contributed by atoms with E-state index in [2.05, 4.69) is 20.3 Å². The van der Waals surface area contributed by atoms with E-state index in [1.807, 2.05) is 29.2 Å². The number of rotatable bonds is 7. The van der Waals surface area contributed by atoms with Gasteiger partial charge in [-0.05, 0) is 31.0 Å². The number of aryl methyl sites for hydroxylation is 1. The Morgan fingerprint density at radius 2 is 2.03 bits per heavy atom. The van der Waals surface area contributed by atoms with Crippen LogP contribution in [0.15, 0.2) is 35.3 Å². The molecule has 8 nitrogen and oxygen atoms in total. The van der Waals surface area contributed by atoms with Crippen LogP contribution in [0.2, 0.25) is 5.02 Å². The summed E-state index contributed by atoms with van der Waals surface area (Å²) < 4.78 is 5.34. The Kier molecular flexibility index (Phi) is 7.19. The summed E-state index contributed by atoms with van der Waals surface area (Å²) in [6, 6.07) is 7.65. The topological polar surface area (TPSA) is 100 Å². The molecule has 0 unspecified atom stereocenters. The molecule has 4 rings (SSSR count). The van der Waals surface area contributed by atoms with E-state index in [1.165, 1.54) is 11.3 Å². The number of carbonyl (C=O) groups excluding carboxylic acids is 1. The Balaban J connectivity index is 1.32. The van der Waals surface area contributed by atoms with Gasteiger partial charge in [-0.25, -0.2) is 9.97 Å². The number of anilines is 2. The van der Waals surface area contributed by atoms with Crippen LogP contribution in [0.25, 0.3) is 0 Å². The molecule has 1 aromatic carbocycles. The van der Waals surface area contributed by atoms with Crippen molar-refractivity contribution in [2.45, 2.75) is 26.2 Å². The molecule has 1 amide bonds. The predicted octanol–water partition coefficient (Wildman–Crippen LogP) is 3.19. The molecule has 0 spiro atoms. The lowest BCUT2D eigenvalue weighted by Crippen LogP contribution is -2.38. The average molecular weight is 474 g/mol. The van der Waals surface area contributed by atoms with Crippen molar-refractivity contribution in [2.24, 2.45) is 0 Å². The van der Waals surface area contributed by atoms with Crippen LogP contribution in [0.5, 0.6) is 0 Å². The molecular weight excluding hydrogens is 450 g/mol. The van der Waals surface area contributed by atoms with E-state index in [-0.39, 0.29) is 17.9 Å². The Morgan fingerprint density at radius 3 is 2.75 bits per heavy atom. The average Bonchev–Trinajstić information content (AvgIpc) is 3.22. The molecule has 32 heavy (non-hydrogen) atoms. The summed E-state index contributed by atoms with van der Waals surface area (Å²) in [5.74, 6) is 0.369. The molecule has 1 fully saturated rings. The van der Waals surface area contributed by atoms with Crippen LogP contribution >= 0.6 is 22.9 Å². The van der Waals surface area contributed by atoms with Gasteiger partial charge in [-0.3, -0.25) is 14.6 Å². The minimum atomic E-state index is -0.203. The molecule has 2 N–H and O–H groups in total. The molecule has 0 saturated carbocycles. The summed E-state index contributed by atoms with van der Waals surface area (Å²) in [5.41, 5.74) is 2.09. The first-order valence-electron chi connectivity index (χ1n) is 10.4. The standard InChI is InChI=1S/C22H24ClN5O3S/c1-14-18(20(30)27-21(25-14)28-8-10-31-11-9-28)6-7-19(29)26-22-24-13-17(32-22)12-15-2-4-16(23)5-3-15/h2-5,13H,6-12H2,1H3,(H,24,26,29)(H,25,27,30). The molecule has 1 saturated heterocycles. The number of carbonyl (C=O) groups is 1. The van der Waals surface area contributed by atoms with E-state index in [1.54, 1.807) is 13.1 Å². The van der Waals surface area contributed by atoms with E-state index in [9.17, 15) is 9.59 Å². The smallest absolute Gasteiger partial charge is 0.255 e. The van der Waals surface area contributed by atoms with Gasteiger partial charge in [0.15, 0.2) is 5.13 Å². The van der Waals surface area contributed by atoms with Gasteiger partial charge in [0.05, 0.1) is 13.2 Å². The highest BCUT2D eigenvalue weighted by atomic mass is 35.5. The Hall–Kier alpha value is -2.75. The third kappa shape index (κ3) is 5.73. The molecule has 2 aromatic heterocycles. The molecule has 0 radical (unpaired) electrons. The highest BCUT2D eigenvalue weighted by Gasteiger charge is 2.17. The Labute approximate surface area is 194 Å². The van der Waals surface area contributed by atoms with Crippen molar-refractivity contribution < 1.29 is 9.53 Å². The second-order valence-electron chi connectivity index (χ2n) is 7.54. The van der Waals surface area contributed by atoms with Gasteiger partial charge in [-0.15, -0.1) is 11.3 Å². The summed E-state index contributed by atoms with van der Waals surface area (Å²) in [5, 5.41) is 4.07. The van der Waals surface area contributed by atoms with Crippen LogP contribution in [0.4, 0.5) is 11.1 Å². The largest absolute Gasteiger partial charge is 0.378 e. The summed E-state index contributed by atoms with van der Waals surface area (Å²) in [6.07, 6.45) is 2.97. The third-order valence-corrected chi connectivity index (χ3v) is 6.38. The third-order valence-electron chi connectivity index (χ3n) is 5.21. The Morgan fingerprint density at radius 1 is 1.28 bits per heavy atom. The number of nitrogens with one attached hydrogen (secondary N) is 2. The SMILES string of the molecule is Cc1nc(N2CCOCC2)[nH]c(=O)c1CCC(=O)Nc1ncc(Cc2ccc(Cl)cc2)s1. The number of aromatic amines is 1. The van der Waals surface area contributed by atoms with Crippen LogP contribution in [0.3, 0.4) is 0 Å². The first kappa shape index (κ1) is 22.4. The van der Waals surface area contributed by atoms with Gasteiger partial charge >= 0.3 is 0 Å². The number of ether oxygens (including phenoxy) is 1. The van der Waals surface area contributed by atoms with E-state index >= 15 is 0 Å². The molecule has 1 aliphatic rings. The number of halogens is 1. The zero-order valence-electron chi connectivity index (χ0n) is 17.7. The molecule has 168 valence electrons. The van der Waals surface area contributed by atoms with Crippen molar-refractivity contribution in [3.05, 3.63) is 67.5 Å². The van der Waals surface area contributed by atoms with Crippen molar-refractivity contribution in [2.75, 3.05) is 36.5 Å². The van der Waals surface area contributed by atoms with Gasteiger partial charge in [0.25, 0.3) is 5.56 Å². The van der Waals surface area contributed by atoms with E-state index in [0.717, 1.165) is 16.9 Å². The number of H-pyrrole nitrogens is 1. The number of hydrogen-bond acceptors (Lipinski definition) is 7. The van der Waals surface area contributed by atoms with Crippen molar-refractivity contribution in [3.8, 4) is 0 Å². The van der Waals surface area contributed by atoms with Gasteiger partial charge in [0, 0.05) is 53.3 Å². The molecule has 0 aliphatic carbocycles. The lowest BCUT2D eigenvalue weighted by molar-refractivity contribution is -0.116. The maximum absolute atomic E-state index is 12.6. The zero-order chi connectivity index (χ0) is 22.5. The van der Waals surface area contributed by atoms with Crippen LogP contribution < -0.4 is 15.8 Å². The lowest BCUT2D eigenvalue weighted by Gasteiger charge is -2.27. The van der Waals surface area contributed by atoms with Crippen molar-refractivity contribution in [1.29, 1.82) is 0 Å². The maximum Gasteiger partial charge on any atom is 0.255 e. The fraction of sp³-hybridized carbons (Fsp3) is 0.364. The molecule has 0 bridgehead atoms. The first-order valence-corrected chi connectivity index (χ1v) is 11.6. The summed E-state index contributed by atoms with van der Waals surface area (Å²) >= 11 is 7.36. The summed E-state index contributed by atoms with van der Waals surface area (Å²) in [6.45, 7) is 4.41. The van der Waals surface area contributed by atoms with E-state index in [0.29, 0.717) is 60.1 Å². The minimum absolute atomic E-state index is 0.175. The number of thiazole rings is 1. The van der Waals surface area contributed by atoms with Crippen LogP contribution in [0.1, 0.15) is 28.1 Å².